The maximum atomic E-state index is 6.19. The Morgan fingerprint density at radius 1 is 0.600 bits per heavy atom. The Morgan fingerprint density at radius 2 is 1.18 bits per heavy atom. The van der Waals surface area contributed by atoms with Crippen LogP contribution in [0, 0.1) is 6.92 Å². The van der Waals surface area contributed by atoms with E-state index in [1.54, 1.807) is 0 Å². The first kappa shape index (κ1) is 26.0. The Hall–Kier alpha value is -4.28. The van der Waals surface area contributed by atoms with Crippen LogP contribution in [0.5, 0.6) is 11.5 Å². The lowest BCUT2D eigenvalue weighted by atomic mass is 10.1. The molecule has 0 fully saturated rings. The summed E-state index contributed by atoms with van der Waals surface area (Å²) in [6, 6.07) is 44.0. The summed E-state index contributed by atoms with van der Waals surface area (Å²) in [5, 5.41) is 1.20. The van der Waals surface area contributed by atoms with Crippen LogP contribution in [0.2, 0.25) is 0 Å². The van der Waals surface area contributed by atoms with E-state index in [4.69, 9.17) is 9.47 Å². The van der Waals surface area contributed by atoms with Crippen molar-refractivity contribution in [2.24, 2.45) is 0 Å². The maximum Gasteiger partial charge on any atom is 0.120 e. The Kier molecular flexibility index (Phi) is 7.69. The second-order valence-corrected chi connectivity index (χ2v) is 10.9. The zero-order valence-corrected chi connectivity index (χ0v) is 24.0. The van der Waals surface area contributed by atoms with Crippen LogP contribution >= 0.6 is 15.9 Å². The average Bonchev–Trinajstić information content (AvgIpc) is 3.27. The van der Waals surface area contributed by atoms with Crippen molar-refractivity contribution >= 4 is 26.8 Å². The second-order valence-electron chi connectivity index (χ2n) is 9.94. The van der Waals surface area contributed by atoms with Crippen LogP contribution in [0.1, 0.15) is 22.3 Å². The van der Waals surface area contributed by atoms with Gasteiger partial charge in [0, 0.05) is 21.9 Å². The molecule has 0 radical (unpaired) electrons. The van der Waals surface area contributed by atoms with Gasteiger partial charge in [0.05, 0.1) is 5.69 Å². The lowest BCUT2D eigenvalue weighted by molar-refractivity contribution is 0.306. The number of aromatic nitrogens is 1. The Bertz CT molecular complexity index is 1710. The molecule has 0 bridgehead atoms. The smallest absolute Gasteiger partial charge is 0.120 e. The van der Waals surface area contributed by atoms with Crippen LogP contribution in [0.15, 0.2) is 132 Å². The molecule has 0 saturated carbocycles. The molecular formula is C36H30BrNO2. The number of aryl methyl sites for hydroxylation is 1. The van der Waals surface area contributed by atoms with Crippen molar-refractivity contribution < 1.29 is 9.47 Å². The standard InChI is InChI=1S/C36H30BrNO2/c1-26-34-22-33(40-25-29-10-6-3-7-11-29)20-21-35(34)38(23-27-12-16-31(37)17-13-27)36(26)30-14-18-32(19-15-30)39-24-28-8-4-2-5-9-28/h2-22H,23-25H2,1H3. The molecule has 0 unspecified atom stereocenters. The highest BCUT2D eigenvalue weighted by Gasteiger charge is 2.17. The first-order chi connectivity index (χ1) is 19.6. The number of hydrogen-bond donors (Lipinski definition) is 0. The molecular weight excluding hydrogens is 558 g/mol. The van der Waals surface area contributed by atoms with Gasteiger partial charge in [-0.3, -0.25) is 0 Å². The summed E-state index contributed by atoms with van der Waals surface area (Å²) in [4.78, 5) is 0. The van der Waals surface area contributed by atoms with Crippen molar-refractivity contribution in [3.8, 4) is 22.8 Å². The highest BCUT2D eigenvalue weighted by atomic mass is 79.9. The van der Waals surface area contributed by atoms with Crippen LogP contribution in [0.3, 0.4) is 0 Å². The van der Waals surface area contributed by atoms with Crippen molar-refractivity contribution in [3.63, 3.8) is 0 Å². The number of nitrogens with zero attached hydrogens (tertiary/aromatic N) is 1. The van der Waals surface area contributed by atoms with Crippen LogP contribution in [-0.2, 0) is 19.8 Å². The summed E-state index contributed by atoms with van der Waals surface area (Å²) < 4.78 is 15.7. The van der Waals surface area contributed by atoms with E-state index >= 15 is 0 Å². The van der Waals surface area contributed by atoms with Crippen molar-refractivity contribution in [1.82, 2.24) is 4.57 Å². The van der Waals surface area contributed by atoms with Gasteiger partial charge < -0.3 is 14.0 Å². The van der Waals surface area contributed by atoms with E-state index in [2.05, 4.69) is 118 Å². The SMILES string of the molecule is Cc1c(-c2ccc(OCc3ccccc3)cc2)n(Cc2ccc(Br)cc2)c2ccc(OCc3ccccc3)cc12. The molecule has 1 aromatic heterocycles. The minimum atomic E-state index is 0.544. The van der Waals surface area contributed by atoms with Gasteiger partial charge in [-0.1, -0.05) is 88.7 Å². The molecule has 0 aliphatic carbocycles. The van der Waals surface area contributed by atoms with Crippen LogP contribution in [-0.4, -0.2) is 4.57 Å². The molecule has 198 valence electrons. The molecule has 0 aliphatic rings. The van der Waals surface area contributed by atoms with Gasteiger partial charge in [0.1, 0.15) is 24.7 Å². The summed E-state index contributed by atoms with van der Waals surface area (Å²) in [5.74, 6) is 1.73. The molecule has 0 aliphatic heterocycles. The zero-order valence-electron chi connectivity index (χ0n) is 22.4. The van der Waals surface area contributed by atoms with Gasteiger partial charge in [0.2, 0.25) is 0 Å². The quantitative estimate of drug-likeness (QED) is 0.168. The molecule has 1 heterocycles. The molecule has 3 nitrogen and oxygen atoms in total. The lowest BCUT2D eigenvalue weighted by Crippen LogP contribution is -2.02. The summed E-state index contributed by atoms with van der Waals surface area (Å²) in [7, 11) is 0. The normalized spacial score (nSPS) is 11.1. The van der Waals surface area contributed by atoms with E-state index in [0.717, 1.165) is 39.2 Å². The largest absolute Gasteiger partial charge is 0.489 e. The minimum Gasteiger partial charge on any atom is -0.489 e. The number of hydrogen-bond acceptors (Lipinski definition) is 2. The van der Waals surface area contributed by atoms with Crippen molar-refractivity contribution in [1.29, 1.82) is 0 Å². The van der Waals surface area contributed by atoms with Gasteiger partial charge in [-0.2, -0.15) is 0 Å². The van der Waals surface area contributed by atoms with Gasteiger partial charge in [0.25, 0.3) is 0 Å². The molecule has 0 spiro atoms. The molecule has 4 heteroatoms. The van der Waals surface area contributed by atoms with E-state index in [0.29, 0.717) is 13.2 Å². The number of halogens is 1. The number of rotatable bonds is 9. The molecule has 0 saturated heterocycles. The Balaban J connectivity index is 1.33. The van der Waals surface area contributed by atoms with E-state index in [-0.39, 0.29) is 0 Å². The molecule has 6 rings (SSSR count). The van der Waals surface area contributed by atoms with Crippen molar-refractivity contribution in [2.45, 2.75) is 26.7 Å². The monoisotopic (exact) mass is 587 g/mol. The Labute approximate surface area is 243 Å². The van der Waals surface area contributed by atoms with E-state index in [1.807, 2.05) is 36.4 Å². The number of fused-ring (bicyclic) bond motifs is 1. The fourth-order valence-corrected chi connectivity index (χ4v) is 5.36. The van der Waals surface area contributed by atoms with Crippen LogP contribution < -0.4 is 9.47 Å². The Morgan fingerprint density at radius 3 is 1.80 bits per heavy atom. The van der Waals surface area contributed by atoms with Gasteiger partial charge in [-0.15, -0.1) is 0 Å². The van der Waals surface area contributed by atoms with Crippen molar-refractivity contribution in [2.75, 3.05) is 0 Å². The topological polar surface area (TPSA) is 23.4 Å². The summed E-state index contributed by atoms with van der Waals surface area (Å²) >= 11 is 3.57. The zero-order chi connectivity index (χ0) is 27.3. The fraction of sp³-hybridized carbons (Fsp3) is 0.111. The van der Waals surface area contributed by atoms with E-state index in [9.17, 15) is 0 Å². The summed E-state index contributed by atoms with van der Waals surface area (Å²) in [6.07, 6.45) is 0. The first-order valence-electron chi connectivity index (χ1n) is 13.5. The minimum absolute atomic E-state index is 0.544. The predicted molar refractivity (Wildman–Crippen MR) is 167 cm³/mol. The molecule has 40 heavy (non-hydrogen) atoms. The lowest BCUT2D eigenvalue weighted by Gasteiger charge is -2.14. The third-order valence-electron chi connectivity index (χ3n) is 7.17. The number of ether oxygens (including phenoxy) is 2. The van der Waals surface area contributed by atoms with Crippen LogP contribution in [0.4, 0.5) is 0 Å². The average molecular weight is 589 g/mol. The summed E-state index contributed by atoms with van der Waals surface area (Å²) in [5.41, 5.74) is 8.33. The highest BCUT2D eigenvalue weighted by molar-refractivity contribution is 9.10. The van der Waals surface area contributed by atoms with E-state index < -0.39 is 0 Å². The number of benzene rings is 5. The van der Waals surface area contributed by atoms with Gasteiger partial charge in [0.15, 0.2) is 0 Å². The third-order valence-corrected chi connectivity index (χ3v) is 7.69. The fourth-order valence-electron chi connectivity index (χ4n) is 5.09. The van der Waals surface area contributed by atoms with Crippen molar-refractivity contribution in [3.05, 3.63) is 154 Å². The molecule has 0 atom stereocenters. The molecule has 0 amide bonds. The van der Waals surface area contributed by atoms with Crippen LogP contribution in [0.25, 0.3) is 22.2 Å². The van der Waals surface area contributed by atoms with Gasteiger partial charge in [-0.25, -0.2) is 0 Å². The molecule has 0 N–H and O–H groups in total. The van der Waals surface area contributed by atoms with E-state index in [1.165, 1.54) is 27.7 Å². The van der Waals surface area contributed by atoms with Gasteiger partial charge >= 0.3 is 0 Å². The predicted octanol–water partition coefficient (Wildman–Crippen LogP) is 9.59. The highest BCUT2D eigenvalue weighted by Crippen LogP contribution is 2.37. The molecule has 6 aromatic rings. The van der Waals surface area contributed by atoms with Gasteiger partial charge in [-0.05, 0) is 89.3 Å². The maximum absolute atomic E-state index is 6.19. The summed E-state index contributed by atoms with van der Waals surface area (Å²) in [6.45, 7) is 4.07. The second kappa shape index (κ2) is 11.8. The third kappa shape index (κ3) is 5.83. The molecule has 5 aromatic carbocycles. The first-order valence-corrected chi connectivity index (χ1v) is 14.2.